The standard InChI is InChI=1S/C5H13NO6P2/c1-5(2)3-4-6-13(7,8)12-14(9,10)11/h1,3-4H2,2H3,(H2,6,7,8)(H2,9,10,11). The van der Waals surface area contributed by atoms with Crippen LogP contribution in [-0.4, -0.2) is 21.2 Å². The van der Waals surface area contributed by atoms with Crippen molar-refractivity contribution >= 4 is 15.6 Å². The van der Waals surface area contributed by atoms with Gasteiger partial charge in [-0.25, -0.2) is 14.2 Å². The van der Waals surface area contributed by atoms with E-state index < -0.39 is 15.6 Å². The molecule has 0 amide bonds. The molecule has 1 atom stereocenters. The summed E-state index contributed by atoms with van der Waals surface area (Å²) in [6.45, 7) is 5.32. The molecule has 84 valence electrons. The molecule has 0 radical (unpaired) electrons. The van der Waals surface area contributed by atoms with Gasteiger partial charge in [0.15, 0.2) is 0 Å². The minimum Gasteiger partial charge on any atom is -0.312 e. The van der Waals surface area contributed by atoms with E-state index in [1.807, 2.05) is 5.09 Å². The van der Waals surface area contributed by atoms with Gasteiger partial charge in [0.05, 0.1) is 0 Å². The second-order valence-electron chi connectivity index (χ2n) is 2.71. The van der Waals surface area contributed by atoms with Crippen LogP contribution >= 0.6 is 15.6 Å². The smallest absolute Gasteiger partial charge is 0.312 e. The molecule has 0 saturated carbocycles. The van der Waals surface area contributed by atoms with Crippen LogP contribution in [0.25, 0.3) is 0 Å². The van der Waals surface area contributed by atoms with Crippen molar-refractivity contribution in [3.8, 4) is 0 Å². The van der Waals surface area contributed by atoms with Crippen LogP contribution in [0.4, 0.5) is 0 Å². The van der Waals surface area contributed by atoms with Crippen molar-refractivity contribution in [2.24, 2.45) is 0 Å². The average Bonchev–Trinajstić information content (AvgIpc) is 1.78. The van der Waals surface area contributed by atoms with Gasteiger partial charge >= 0.3 is 15.6 Å². The van der Waals surface area contributed by atoms with Gasteiger partial charge in [-0.15, -0.1) is 6.58 Å². The molecule has 0 fully saturated rings. The van der Waals surface area contributed by atoms with E-state index in [-0.39, 0.29) is 6.54 Å². The highest BCUT2D eigenvalue weighted by Gasteiger charge is 2.29. The summed E-state index contributed by atoms with van der Waals surface area (Å²) in [7, 11) is -9.37. The molecule has 4 N–H and O–H groups in total. The lowest BCUT2D eigenvalue weighted by Gasteiger charge is -2.13. The van der Waals surface area contributed by atoms with Crippen molar-refractivity contribution in [1.29, 1.82) is 0 Å². The topological polar surface area (TPSA) is 116 Å². The zero-order chi connectivity index (χ0) is 11.4. The molecular weight excluding hydrogens is 232 g/mol. The van der Waals surface area contributed by atoms with Crippen molar-refractivity contribution in [3.63, 3.8) is 0 Å². The normalized spacial score (nSPS) is 16.3. The van der Waals surface area contributed by atoms with Crippen LogP contribution in [0, 0.1) is 0 Å². The van der Waals surface area contributed by atoms with Gasteiger partial charge in [-0.05, 0) is 13.3 Å². The lowest BCUT2D eigenvalue weighted by atomic mass is 10.2. The van der Waals surface area contributed by atoms with Crippen LogP contribution in [0.1, 0.15) is 13.3 Å². The highest BCUT2D eigenvalue weighted by molar-refractivity contribution is 7.62. The predicted molar refractivity (Wildman–Crippen MR) is 50.4 cm³/mol. The Kier molecular flexibility index (Phi) is 5.19. The second-order valence-corrected chi connectivity index (χ2v) is 5.70. The fourth-order valence-corrected chi connectivity index (χ4v) is 2.36. The zero-order valence-corrected chi connectivity index (χ0v) is 9.37. The van der Waals surface area contributed by atoms with Crippen molar-refractivity contribution < 1.29 is 28.1 Å². The molecule has 0 spiro atoms. The molecule has 14 heavy (non-hydrogen) atoms. The minimum atomic E-state index is -4.95. The molecule has 0 aromatic rings. The van der Waals surface area contributed by atoms with E-state index in [2.05, 4.69) is 10.9 Å². The Balaban J connectivity index is 4.03. The van der Waals surface area contributed by atoms with Crippen LogP contribution in [-0.2, 0) is 13.4 Å². The maximum atomic E-state index is 10.9. The Morgan fingerprint density at radius 2 is 1.93 bits per heavy atom. The van der Waals surface area contributed by atoms with Gasteiger partial charge in [0, 0.05) is 6.54 Å². The summed E-state index contributed by atoms with van der Waals surface area (Å²) < 4.78 is 24.8. The number of rotatable bonds is 6. The van der Waals surface area contributed by atoms with Crippen LogP contribution < -0.4 is 5.09 Å². The van der Waals surface area contributed by atoms with Gasteiger partial charge in [0.25, 0.3) is 0 Å². The first kappa shape index (κ1) is 14.0. The molecule has 0 aliphatic carbocycles. The quantitative estimate of drug-likeness (QED) is 0.403. The summed E-state index contributed by atoms with van der Waals surface area (Å²) in [4.78, 5) is 25.4. The van der Waals surface area contributed by atoms with Crippen LogP contribution in [0.3, 0.4) is 0 Å². The van der Waals surface area contributed by atoms with Crippen molar-refractivity contribution in [3.05, 3.63) is 12.2 Å². The maximum absolute atomic E-state index is 10.9. The summed E-state index contributed by atoms with van der Waals surface area (Å²) in [5.74, 6) is 0. The van der Waals surface area contributed by atoms with Crippen molar-refractivity contribution in [2.45, 2.75) is 13.3 Å². The van der Waals surface area contributed by atoms with E-state index in [9.17, 15) is 9.13 Å². The van der Waals surface area contributed by atoms with Gasteiger partial charge in [0.1, 0.15) is 0 Å². The molecule has 0 aromatic heterocycles. The average molecular weight is 245 g/mol. The van der Waals surface area contributed by atoms with E-state index in [1.54, 1.807) is 6.92 Å². The van der Waals surface area contributed by atoms with Crippen LogP contribution in [0.5, 0.6) is 0 Å². The Morgan fingerprint density at radius 3 is 2.29 bits per heavy atom. The fraction of sp³-hybridized carbons (Fsp3) is 0.600. The van der Waals surface area contributed by atoms with E-state index in [0.717, 1.165) is 5.57 Å². The molecule has 1 unspecified atom stereocenters. The molecule has 0 saturated heterocycles. The summed E-state index contributed by atoms with van der Waals surface area (Å²) in [6, 6.07) is 0. The molecular formula is C5H13NO6P2. The Hall–Kier alpha value is -0.0000000000000000416. The summed E-state index contributed by atoms with van der Waals surface area (Å²) in [5.41, 5.74) is 0.772. The third-order valence-electron chi connectivity index (χ3n) is 1.08. The third-order valence-corrected chi connectivity index (χ3v) is 3.44. The van der Waals surface area contributed by atoms with E-state index in [1.165, 1.54) is 0 Å². The highest BCUT2D eigenvalue weighted by Crippen LogP contribution is 2.54. The second kappa shape index (κ2) is 5.19. The first-order valence-electron chi connectivity index (χ1n) is 3.61. The molecule has 0 aromatic carbocycles. The minimum absolute atomic E-state index is 0.0586. The summed E-state index contributed by atoms with van der Waals surface area (Å²) in [5, 5.41) is 1.98. The molecule has 0 rings (SSSR count). The lowest BCUT2D eigenvalue weighted by Crippen LogP contribution is -2.13. The number of hydrogen-bond acceptors (Lipinski definition) is 3. The zero-order valence-electron chi connectivity index (χ0n) is 7.58. The van der Waals surface area contributed by atoms with Gasteiger partial charge in [-0.2, -0.15) is 4.31 Å². The first-order chi connectivity index (χ1) is 6.12. The van der Waals surface area contributed by atoms with Crippen LogP contribution in [0.15, 0.2) is 12.2 Å². The largest absolute Gasteiger partial charge is 0.477 e. The van der Waals surface area contributed by atoms with Crippen molar-refractivity contribution in [2.75, 3.05) is 6.54 Å². The summed E-state index contributed by atoms with van der Waals surface area (Å²) in [6.07, 6.45) is 0.412. The monoisotopic (exact) mass is 245 g/mol. The van der Waals surface area contributed by atoms with Gasteiger partial charge in [0.2, 0.25) is 0 Å². The fourth-order valence-electron chi connectivity index (χ4n) is 0.584. The van der Waals surface area contributed by atoms with E-state index in [0.29, 0.717) is 6.42 Å². The molecule has 9 heteroatoms. The molecule has 0 bridgehead atoms. The SMILES string of the molecule is C=C(C)CCNP(=O)(O)OP(=O)(O)O. The van der Waals surface area contributed by atoms with E-state index >= 15 is 0 Å². The van der Waals surface area contributed by atoms with Gasteiger partial charge in [-0.3, -0.25) is 0 Å². The molecule has 0 heterocycles. The Bertz CT molecular complexity index is 297. The molecule has 7 nitrogen and oxygen atoms in total. The van der Waals surface area contributed by atoms with Crippen molar-refractivity contribution in [1.82, 2.24) is 5.09 Å². The summed E-state index contributed by atoms with van der Waals surface area (Å²) >= 11 is 0. The highest BCUT2D eigenvalue weighted by atomic mass is 31.3. The number of nitrogens with one attached hydrogen (secondary N) is 1. The third kappa shape index (κ3) is 8.59. The lowest BCUT2D eigenvalue weighted by molar-refractivity contribution is 0.259. The Morgan fingerprint density at radius 1 is 1.43 bits per heavy atom. The van der Waals surface area contributed by atoms with E-state index in [4.69, 9.17) is 14.7 Å². The Labute approximate surface area is 81.6 Å². The predicted octanol–water partition coefficient (Wildman–Crippen LogP) is 0.752. The maximum Gasteiger partial charge on any atom is 0.477 e. The molecule has 0 aliphatic rings. The van der Waals surface area contributed by atoms with Gasteiger partial charge in [-0.1, -0.05) is 5.57 Å². The first-order valence-corrected chi connectivity index (χ1v) is 6.72. The van der Waals surface area contributed by atoms with Crippen LogP contribution in [0.2, 0.25) is 0 Å². The number of hydrogen-bond donors (Lipinski definition) is 4. The number of phosphoric acid groups is 1. The van der Waals surface area contributed by atoms with Gasteiger partial charge < -0.3 is 14.7 Å². The molecule has 0 aliphatic heterocycles.